The highest BCUT2D eigenvalue weighted by Crippen LogP contribution is 2.44. The number of rotatable bonds is 3. The van der Waals surface area contributed by atoms with Crippen molar-refractivity contribution in [2.24, 2.45) is 0 Å². The van der Waals surface area contributed by atoms with E-state index in [1.54, 1.807) is 0 Å². The summed E-state index contributed by atoms with van der Waals surface area (Å²) in [6.45, 7) is 2.15. The monoisotopic (exact) mass is 520 g/mol. The summed E-state index contributed by atoms with van der Waals surface area (Å²) in [5, 5.41) is 10.2. The van der Waals surface area contributed by atoms with Crippen molar-refractivity contribution >= 4 is 43.1 Å². The van der Waals surface area contributed by atoms with Gasteiger partial charge in [0.2, 0.25) is 0 Å². The predicted molar refractivity (Wildman–Crippen MR) is 178 cm³/mol. The lowest BCUT2D eigenvalue weighted by molar-refractivity contribution is 1.47. The van der Waals surface area contributed by atoms with Gasteiger partial charge in [0.05, 0.1) is 0 Å². The first-order chi connectivity index (χ1) is 20.2. The van der Waals surface area contributed by atoms with Crippen LogP contribution in [-0.2, 0) is 0 Å². The van der Waals surface area contributed by atoms with Gasteiger partial charge in [0, 0.05) is 0 Å². The van der Waals surface area contributed by atoms with Gasteiger partial charge in [-0.3, -0.25) is 0 Å². The highest BCUT2D eigenvalue weighted by atomic mass is 14.2. The maximum atomic E-state index is 2.36. The van der Waals surface area contributed by atoms with Crippen molar-refractivity contribution in [2.75, 3.05) is 0 Å². The molecule has 0 heterocycles. The molecule has 8 aromatic rings. The zero-order valence-electron chi connectivity index (χ0n) is 22.9. The minimum atomic E-state index is 1.25. The Morgan fingerprint density at radius 2 is 0.707 bits per heavy atom. The molecule has 0 bridgehead atoms. The van der Waals surface area contributed by atoms with Crippen molar-refractivity contribution in [2.45, 2.75) is 6.92 Å². The van der Waals surface area contributed by atoms with Crippen LogP contribution in [0.15, 0.2) is 152 Å². The third-order valence-electron chi connectivity index (χ3n) is 8.45. The molecular weight excluding hydrogens is 492 g/mol. The normalized spacial score (nSPS) is 11.5. The minimum Gasteiger partial charge on any atom is -0.0616 e. The lowest BCUT2D eigenvalue weighted by Crippen LogP contribution is -1.91. The van der Waals surface area contributed by atoms with Crippen LogP contribution in [0.4, 0.5) is 0 Å². The van der Waals surface area contributed by atoms with Gasteiger partial charge in [-0.25, -0.2) is 0 Å². The van der Waals surface area contributed by atoms with Gasteiger partial charge in [0.25, 0.3) is 0 Å². The molecule has 8 rings (SSSR count). The molecule has 0 radical (unpaired) electrons. The van der Waals surface area contributed by atoms with Crippen molar-refractivity contribution in [3.05, 3.63) is 157 Å². The average Bonchev–Trinajstić information content (AvgIpc) is 3.03. The van der Waals surface area contributed by atoms with E-state index in [1.165, 1.54) is 82.0 Å². The van der Waals surface area contributed by atoms with Gasteiger partial charge in [-0.15, -0.1) is 0 Å². The lowest BCUT2D eigenvalue weighted by Gasteiger charge is -2.18. The topological polar surface area (TPSA) is 0 Å². The highest BCUT2D eigenvalue weighted by molar-refractivity contribution is 6.22. The standard InChI is InChI=1S/C41H28/c1-27-9-8-12-29(23-27)31-18-19-33-26-35(22-20-32(33)24-31)41-38-15-6-4-13-36(38)40(37-14-5-7-16-39(37)41)34-21-17-28-10-2-3-11-30(28)25-34/h2-26H,1H3. The quantitative estimate of drug-likeness (QED) is 0.203. The van der Waals surface area contributed by atoms with Crippen LogP contribution in [0.2, 0.25) is 0 Å². The Morgan fingerprint density at radius 1 is 0.293 bits per heavy atom. The highest BCUT2D eigenvalue weighted by Gasteiger charge is 2.17. The number of aryl methyl sites for hydroxylation is 1. The molecule has 0 nitrogen and oxygen atoms in total. The number of hydrogen-bond donors (Lipinski definition) is 0. The van der Waals surface area contributed by atoms with Gasteiger partial charge in [-0.05, 0) is 102 Å². The molecular formula is C41H28. The van der Waals surface area contributed by atoms with Gasteiger partial charge in [-0.1, -0.05) is 139 Å². The molecule has 0 aliphatic carbocycles. The zero-order chi connectivity index (χ0) is 27.3. The summed E-state index contributed by atoms with van der Waals surface area (Å²) in [5.74, 6) is 0. The molecule has 8 aromatic carbocycles. The predicted octanol–water partition coefficient (Wildman–Crippen LogP) is 11.6. The molecule has 0 N–H and O–H groups in total. The van der Waals surface area contributed by atoms with E-state index in [-0.39, 0.29) is 0 Å². The van der Waals surface area contributed by atoms with E-state index in [4.69, 9.17) is 0 Å². The van der Waals surface area contributed by atoms with Crippen LogP contribution in [0.1, 0.15) is 5.56 Å². The second-order valence-corrected chi connectivity index (χ2v) is 11.0. The summed E-state index contributed by atoms with van der Waals surface area (Å²) in [6, 6.07) is 55.8. The third kappa shape index (κ3) is 4.00. The van der Waals surface area contributed by atoms with Crippen LogP contribution in [0.3, 0.4) is 0 Å². The fourth-order valence-corrected chi connectivity index (χ4v) is 6.50. The minimum absolute atomic E-state index is 1.25. The Morgan fingerprint density at radius 3 is 1.27 bits per heavy atom. The lowest BCUT2D eigenvalue weighted by atomic mass is 9.85. The van der Waals surface area contributed by atoms with Gasteiger partial charge in [0.1, 0.15) is 0 Å². The van der Waals surface area contributed by atoms with Crippen LogP contribution < -0.4 is 0 Å². The molecule has 0 heteroatoms. The van der Waals surface area contributed by atoms with E-state index < -0.39 is 0 Å². The molecule has 0 atom stereocenters. The van der Waals surface area contributed by atoms with Crippen molar-refractivity contribution in [1.82, 2.24) is 0 Å². The van der Waals surface area contributed by atoms with Crippen molar-refractivity contribution in [3.8, 4) is 33.4 Å². The fraction of sp³-hybridized carbons (Fsp3) is 0.0244. The van der Waals surface area contributed by atoms with Crippen LogP contribution in [-0.4, -0.2) is 0 Å². The van der Waals surface area contributed by atoms with E-state index in [0.717, 1.165) is 0 Å². The van der Waals surface area contributed by atoms with Gasteiger partial charge >= 0.3 is 0 Å². The van der Waals surface area contributed by atoms with Gasteiger partial charge in [-0.2, -0.15) is 0 Å². The molecule has 0 unspecified atom stereocenters. The summed E-state index contributed by atoms with van der Waals surface area (Å²) in [5.41, 5.74) is 8.90. The van der Waals surface area contributed by atoms with E-state index in [0.29, 0.717) is 0 Å². The van der Waals surface area contributed by atoms with E-state index in [2.05, 4.69) is 159 Å². The molecule has 41 heavy (non-hydrogen) atoms. The molecule has 0 saturated carbocycles. The summed E-state index contributed by atoms with van der Waals surface area (Å²) < 4.78 is 0. The molecule has 0 fully saturated rings. The molecule has 0 aromatic heterocycles. The number of hydrogen-bond acceptors (Lipinski definition) is 0. The maximum absolute atomic E-state index is 2.36. The summed E-state index contributed by atoms with van der Waals surface area (Å²) in [6.07, 6.45) is 0. The van der Waals surface area contributed by atoms with Crippen LogP contribution in [0.25, 0.3) is 76.5 Å². The zero-order valence-corrected chi connectivity index (χ0v) is 22.9. The van der Waals surface area contributed by atoms with Crippen LogP contribution in [0, 0.1) is 6.92 Å². The molecule has 0 spiro atoms. The summed E-state index contributed by atoms with van der Waals surface area (Å²) in [4.78, 5) is 0. The van der Waals surface area contributed by atoms with Crippen molar-refractivity contribution < 1.29 is 0 Å². The number of benzene rings is 8. The van der Waals surface area contributed by atoms with Crippen LogP contribution >= 0.6 is 0 Å². The first-order valence-corrected chi connectivity index (χ1v) is 14.3. The van der Waals surface area contributed by atoms with Gasteiger partial charge in [0.15, 0.2) is 0 Å². The summed E-state index contributed by atoms with van der Waals surface area (Å²) >= 11 is 0. The maximum Gasteiger partial charge on any atom is -0.00262 e. The van der Waals surface area contributed by atoms with Gasteiger partial charge < -0.3 is 0 Å². The Labute approximate surface area is 240 Å². The molecule has 0 amide bonds. The largest absolute Gasteiger partial charge is 0.0616 e. The second kappa shape index (κ2) is 9.47. The first kappa shape index (κ1) is 23.7. The Hall–Kier alpha value is -5.20. The van der Waals surface area contributed by atoms with Crippen molar-refractivity contribution in [3.63, 3.8) is 0 Å². The smallest absolute Gasteiger partial charge is 0.00262 e. The average molecular weight is 521 g/mol. The van der Waals surface area contributed by atoms with E-state index in [1.807, 2.05) is 0 Å². The fourth-order valence-electron chi connectivity index (χ4n) is 6.50. The third-order valence-corrected chi connectivity index (χ3v) is 8.45. The van der Waals surface area contributed by atoms with E-state index in [9.17, 15) is 0 Å². The molecule has 0 aliphatic rings. The van der Waals surface area contributed by atoms with Crippen molar-refractivity contribution in [1.29, 1.82) is 0 Å². The molecule has 192 valence electrons. The van der Waals surface area contributed by atoms with Crippen LogP contribution in [0.5, 0.6) is 0 Å². The molecule has 0 saturated heterocycles. The second-order valence-electron chi connectivity index (χ2n) is 11.0. The SMILES string of the molecule is Cc1cccc(-c2ccc3cc(-c4c5ccccc5c(-c5ccc6ccccc6c5)c5ccccc45)ccc3c2)c1. The Kier molecular flexibility index (Phi) is 5.47. The Bertz CT molecular complexity index is 2210. The number of fused-ring (bicyclic) bond motifs is 4. The Balaban J connectivity index is 1.36. The summed E-state index contributed by atoms with van der Waals surface area (Å²) in [7, 11) is 0. The van der Waals surface area contributed by atoms with E-state index >= 15 is 0 Å². The molecule has 0 aliphatic heterocycles. The first-order valence-electron chi connectivity index (χ1n) is 14.3.